The summed E-state index contributed by atoms with van der Waals surface area (Å²) >= 11 is 0. The van der Waals surface area contributed by atoms with E-state index in [4.69, 9.17) is 4.74 Å². The third-order valence-corrected chi connectivity index (χ3v) is 3.55. The van der Waals surface area contributed by atoms with Crippen molar-refractivity contribution in [3.63, 3.8) is 0 Å². The average Bonchev–Trinajstić information content (AvgIpc) is 2.48. The molecule has 2 rings (SSSR count). The monoisotopic (exact) mass is 275 g/mol. The summed E-state index contributed by atoms with van der Waals surface area (Å²) < 4.78 is 5.14. The number of benzene rings is 1. The lowest BCUT2D eigenvalue weighted by Crippen LogP contribution is -2.10. The lowest BCUT2D eigenvalue weighted by atomic mass is 9.94. The number of ether oxygens (including phenoxy) is 1. The molecule has 1 aromatic heterocycles. The number of H-pyrrole nitrogens is 1. The first-order valence-corrected chi connectivity index (χ1v) is 7.24. The molecule has 110 valence electrons. The fraction of sp³-hybridized carbons (Fsp3) is 0.471. The molecule has 0 saturated carbocycles. The average molecular weight is 275 g/mol. The molecular weight excluding hydrogens is 250 g/mol. The Balaban J connectivity index is 0.000000956. The highest BCUT2D eigenvalue weighted by Crippen LogP contribution is 2.23. The molecule has 0 radical (unpaired) electrons. The van der Waals surface area contributed by atoms with Crippen LogP contribution in [-0.2, 0) is 0 Å². The summed E-state index contributed by atoms with van der Waals surface area (Å²) in [6.07, 6.45) is 0. The summed E-state index contributed by atoms with van der Waals surface area (Å²) in [5.41, 5.74) is 1.91. The first-order chi connectivity index (χ1) is 9.52. The summed E-state index contributed by atoms with van der Waals surface area (Å²) in [5.74, 6) is 1.54. The highest BCUT2D eigenvalue weighted by molar-refractivity contribution is 5.80. The number of methoxy groups -OCH3 is 1. The van der Waals surface area contributed by atoms with Crippen LogP contribution < -0.4 is 10.2 Å². The molecule has 0 spiro atoms. The predicted octanol–water partition coefficient (Wildman–Crippen LogP) is 4.32. The van der Waals surface area contributed by atoms with E-state index in [2.05, 4.69) is 25.8 Å². The molecule has 0 bridgehead atoms. The molecule has 2 aromatic rings. The number of fused-ring (bicyclic) bond motifs is 1. The zero-order valence-electron chi connectivity index (χ0n) is 13.3. The summed E-state index contributed by atoms with van der Waals surface area (Å²) in [4.78, 5) is 15.5. The van der Waals surface area contributed by atoms with Crippen LogP contribution >= 0.6 is 0 Å². The van der Waals surface area contributed by atoms with E-state index in [1.54, 1.807) is 19.2 Å². The minimum absolute atomic E-state index is 0.0464. The van der Waals surface area contributed by atoms with E-state index in [0.717, 1.165) is 11.2 Å². The Hall–Kier alpha value is -1.77. The molecule has 0 aliphatic carbocycles. The molecule has 0 fully saturated rings. The number of hydrogen-bond donors (Lipinski definition) is 1. The maximum Gasteiger partial charge on any atom is 0.189 e. The van der Waals surface area contributed by atoms with Crippen molar-refractivity contribution in [3.05, 3.63) is 40.2 Å². The fourth-order valence-electron chi connectivity index (χ4n) is 1.98. The van der Waals surface area contributed by atoms with Gasteiger partial charge in [0, 0.05) is 22.7 Å². The van der Waals surface area contributed by atoms with E-state index in [1.165, 1.54) is 0 Å². The lowest BCUT2D eigenvalue weighted by molar-refractivity contribution is 0.415. The van der Waals surface area contributed by atoms with Crippen LogP contribution in [0.3, 0.4) is 0 Å². The molecule has 1 unspecified atom stereocenters. The van der Waals surface area contributed by atoms with Crippen molar-refractivity contribution in [1.29, 1.82) is 0 Å². The minimum Gasteiger partial charge on any atom is -0.497 e. The molecule has 0 amide bonds. The maximum absolute atomic E-state index is 12.1. The molecule has 1 aromatic carbocycles. The maximum atomic E-state index is 12.1. The van der Waals surface area contributed by atoms with Gasteiger partial charge >= 0.3 is 0 Å². The number of nitrogens with one attached hydrogen (secondary N) is 1. The van der Waals surface area contributed by atoms with Crippen LogP contribution in [0.1, 0.15) is 46.2 Å². The normalized spacial score (nSPS) is 11.9. The van der Waals surface area contributed by atoms with Gasteiger partial charge in [-0.25, -0.2) is 0 Å². The second kappa shape index (κ2) is 7.13. The third-order valence-electron chi connectivity index (χ3n) is 3.55. The van der Waals surface area contributed by atoms with Gasteiger partial charge in [0.05, 0.1) is 7.11 Å². The van der Waals surface area contributed by atoms with E-state index in [9.17, 15) is 4.79 Å². The second-order valence-electron chi connectivity index (χ2n) is 5.03. The molecule has 3 nitrogen and oxygen atoms in total. The van der Waals surface area contributed by atoms with Gasteiger partial charge in [0.2, 0.25) is 0 Å². The Labute approximate surface area is 121 Å². The van der Waals surface area contributed by atoms with Gasteiger partial charge in [-0.2, -0.15) is 0 Å². The quantitative estimate of drug-likeness (QED) is 0.906. The minimum atomic E-state index is 0.0464. The molecule has 0 aliphatic rings. The van der Waals surface area contributed by atoms with E-state index < -0.39 is 0 Å². The number of aromatic amines is 1. The molecule has 1 N–H and O–H groups in total. The Kier molecular flexibility index (Phi) is 5.81. The Morgan fingerprint density at radius 1 is 1.10 bits per heavy atom. The Morgan fingerprint density at radius 3 is 2.30 bits per heavy atom. The van der Waals surface area contributed by atoms with Crippen molar-refractivity contribution in [1.82, 2.24) is 4.98 Å². The number of pyridine rings is 1. The van der Waals surface area contributed by atoms with Crippen LogP contribution in [-0.4, -0.2) is 12.1 Å². The van der Waals surface area contributed by atoms with Gasteiger partial charge in [-0.1, -0.05) is 34.6 Å². The molecule has 0 saturated heterocycles. The molecule has 20 heavy (non-hydrogen) atoms. The van der Waals surface area contributed by atoms with E-state index in [0.29, 0.717) is 23.0 Å². The zero-order chi connectivity index (χ0) is 15.3. The van der Waals surface area contributed by atoms with Gasteiger partial charge in [0.1, 0.15) is 5.75 Å². The summed E-state index contributed by atoms with van der Waals surface area (Å²) in [6.45, 7) is 10.4. The van der Waals surface area contributed by atoms with Crippen molar-refractivity contribution in [2.75, 3.05) is 7.11 Å². The van der Waals surface area contributed by atoms with Gasteiger partial charge in [0.25, 0.3) is 0 Å². The first kappa shape index (κ1) is 16.3. The smallest absolute Gasteiger partial charge is 0.189 e. The predicted molar refractivity (Wildman–Crippen MR) is 85.7 cm³/mol. The fourth-order valence-corrected chi connectivity index (χ4v) is 1.98. The van der Waals surface area contributed by atoms with Crippen LogP contribution in [0.4, 0.5) is 0 Å². The van der Waals surface area contributed by atoms with E-state index >= 15 is 0 Å². The van der Waals surface area contributed by atoms with Crippen LogP contribution in [0.5, 0.6) is 5.75 Å². The van der Waals surface area contributed by atoms with E-state index in [-0.39, 0.29) is 5.43 Å². The molecule has 1 heterocycles. The van der Waals surface area contributed by atoms with Crippen LogP contribution in [0, 0.1) is 5.92 Å². The largest absolute Gasteiger partial charge is 0.497 e. The van der Waals surface area contributed by atoms with Gasteiger partial charge in [-0.3, -0.25) is 4.79 Å². The molecule has 1 atom stereocenters. The van der Waals surface area contributed by atoms with Gasteiger partial charge < -0.3 is 9.72 Å². The SMILES string of the molecule is CC.COc1ccc2[nH]c(C(C)C(C)C)cc(=O)c2c1. The van der Waals surface area contributed by atoms with Gasteiger partial charge in [0.15, 0.2) is 5.43 Å². The van der Waals surface area contributed by atoms with Crippen molar-refractivity contribution in [2.24, 2.45) is 5.92 Å². The third kappa shape index (κ3) is 3.41. The van der Waals surface area contributed by atoms with Gasteiger partial charge in [-0.15, -0.1) is 0 Å². The Bertz CT molecular complexity index is 614. The standard InChI is InChI=1S/C15H19NO2.C2H6/c1-9(2)10(3)14-8-15(17)12-7-11(18-4)5-6-13(12)16-14;1-2/h5-10H,1-4H3,(H,16,17);1-2H3. The van der Waals surface area contributed by atoms with E-state index in [1.807, 2.05) is 26.0 Å². The molecule has 0 aliphatic heterocycles. The van der Waals surface area contributed by atoms with Crippen molar-refractivity contribution in [2.45, 2.75) is 40.5 Å². The van der Waals surface area contributed by atoms with Crippen molar-refractivity contribution < 1.29 is 4.74 Å². The zero-order valence-corrected chi connectivity index (χ0v) is 13.3. The number of aromatic nitrogens is 1. The Morgan fingerprint density at radius 2 is 1.75 bits per heavy atom. The van der Waals surface area contributed by atoms with Crippen LogP contribution in [0.2, 0.25) is 0 Å². The van der Waals surface area contributed by atoms with Crippen LogP contribution in [0.15, 0.2) is 29.1 Å². The van der Waals surface area contributed by atoms with Crippen molar-refractivity contribution >= 4 is 10.9 Å². The lowest BCUT2D eigenvalue weighted by Gasteiger charge is -2.16. The molecular formula is C17H25NO2. The number of hydrogen-bond acceptors (Lipinski definition) is 2. The summed E-state index contributed by atoms with van der Waals surface area (Å²) in [5, 5.41) is 0.675. The summed E-state index contributed by atoms with van der Waals surface area (Å²) in [6, 6.07) is 7.23. The molecule has 3 heteroatoms. The topological polar surface area (TPSA) is 42.1 Å². The summed E-state index contributed by atoms with van der Waals surface area (Å²) in [7, 11) is 1.60. The van der Waals surface area contributed by atoms with Crippen LogP contribution in [0.25, 0.3) is 10.9 Å². The van der Waals surface area contributed by atoms with Gasteiger partial charge in [-0.05, 0) is 30.0 Å². The highest BCUT2D eigenvalue weighted by Gasteiger charge is 2.12. The highest BCUT2D eigenvalue weighted by atomic mass is 16.5. The second-order valence-corrected chi connectivity index (χ2v) is 5.03. The first-order valence-electron chi connectivity index (χ1n) is 7.24. The number of rotatable bonds is 3. The van der Waals surface area contributed by atoms with Crippen molar-refractivity contribution in [3.8, 4) is 5.75 Å².